The van der Waals surface area contributed by atoms with Crippen molar-refractivity contribution in [2.24, 2.45) is 5.92 Å². The number of nitrogen functional groups attached to an aromatic ring is 1. The van der Waals surface area contributed by atoms with E-state index in [9.17, 15) is 4.79 Å². The zero-order valence-electron chi connectivity index (χ0n) is 12.4. The minimum Gasteiger partial charge on any atom is -0.399 e. The SMILES string of the molecule is COC1CN(CC(=O)Nc2cc(N)ccc2Cl)CCC1C. The lowest BCUT2D eigenvalue weighted by Gasteiger charge is -2.35. The topological polar surface area (TPSA) is 67.6 Å². The molecule has 2 rings (SSSR count). The normalized spacial score (nSPS) is 23.0. The molecule has 2 unspecified atom stereocenters. The van der Waals surface area contributed by atoms with E-state index in [4.69, 9.17) is 22.1 Å². The lowest BCUT2D eigenvalue weighted by atomic mass is 9.96. The Morgan fingerprint density at radius 2 is 2.33 bits per heavy atom. The van der Waals surface area contributed by atoms with Gasteiger partial charge in [0.1, 0.15) is 0 Å². The molecule has 0 spiro atoms. The molecule has 3 N–H and O–H groups in total. The van der Waals surface area contributed by atoms with E-state index in [1.807, 2.05) is 0 Å². The average molecular weight is 312 g/mol. The summed E-state index contributed by atoms with van der Waals surface area (Å²) in [5.41, 5.74) is 6.82. The fourth-order valence-corrected chi connectivity index (χ4v) is 2.74. The highest BCUT2D eigenvalue weighted by Gasteiger charge is 2.27. The summed E-state index contributed by atoms with van der Waals surface area (Å²) >= 11 is 6.04. The number of anilines is 2. The van der Waals surface area contributed by atoms with Crippen molar-refractivity contribution in [1.82, 2.24) is 4.90 Å². The Morgan fingerprint density at radius 1 is 1.57 bits per heavy atom. The Labute approximate surface area is 130 Å². The zero-order valence-corrected chi connectivity index (χ0v) is 13.2. The molecule has 6 heteroatoms. The molecule has 0 saturated carbocycles. The first-order valence-electron chi connectivity index (χ1n) is 7.09. The highest BCUT2D eigenvalue weighted by molar-refractivity contribution is 6.33. The van der Waals surface area contributed by atoms with E-state index in [0.29, 0.717) is 28.9 Å². The zero-order chi connectivity index (χ0) is 15.4. The number of nitrogens with zero attached hydrogens (tertiary/aromatic N) is 1. The monoisotopic (exact) mass is 311 g/mol. The molecule has 1 fully saturated rings. The smallest absolute Gasteiger partial charge is 0.238 e. The molecular weight excluding hydrogens is 290 g/mol. The summed E-state index contributed by atoms with van der Waals surface area (Å²) in [5.74, 6) is 0.435. The summed E-state index contributed by atoms with van der Waals surface area (Å²) in [6.45, 7) is 4.19. The average Bonchev–Trinajstić information content (AvgIpc) is 2.45. The molecule has 1 aromatic carbocycles. The second-order valence-electron chi connectivity index (χ2n) is 5.56. The van der Waals surface area contributed by atoms with Crippen molar-refractivity contribution in [3.63, 3.8) is 0 Å². The predicted octanol–water partition coefficient (Wildman–Crippen LogP) is 2.22. The van der Waals surface area contributed by atoms with E-state index >= 15 is 0 Å². The van der Waals surface area contributed by atoms with Crippen molar-refractivity contribution in [2.45, 2.75) is 19.4 Å². The van der Waals surface area contributed by atoms with Crippen LogP contribution in [0.4, 0.5) is 11.4 Å². The molecule has 0 radical (unpaired) electrons. The quantitative estimate of drug-likeness (QED) is 0.837. The summed E-state index contributed by atoms with van der Waals surface area (Å²) in [6.07, 6.45) is 1.22. The van der Waals surface area contributed by atoms with Crippen molar-refractivity contribution >= 4 is 28.9 Å². The number of likely N-dealkylation sites (tertiary alicyclic amines) is 1. The van der Waals surface area contributed by atoms with Crippen molar-refractivity contribution < 1.29 is 9.53 Å². The van der Waals surface area contributed by atoms with Crippen LogP contribution in [0.25, 0.3) is 0 Å². The summed E-state index contributed by atoms with van der Waals surface area (Å²) in [4.78, 5) is 14.2. The first-order valence-corrected chi connectivity index (χ1v) is 7.47. The predicted molar refractivity (Wildman–Crippen MR) is 85.5 cm³/mol. The second-order valence-corrected chi connectivity index (χ2v) is 5.97. The van der Waals surface area contributed by atoms with Gasteiger partial charge in [0, 0.05) is 19.3 Å². The van der Waals surface area contributed by atoms with Gasteiger partial charge in [-0.1, -0.05) is 18.5 Å². The van der Waals surface area contributed by atoms with Gasteiger partial charge in [0.25, 0.3) is 0 Å². The third-order valence-electron chi connectivity index (χ3n) is 3.91. The number of ether oxygens (including phenoxy) is 1. The number of nitrogens with one attached hydrogen (secondary N) is 1. The van der Waals surface area contributed by atoms with Crippen LogP contribution < -0.4 is 11.1 Å². The second kappa shape index (κ2) is 7.11. The lowest BCUT2D eigenvalue weighted by Crippen LogP contribution is -2.46. The maximum absolute atomic E-state index is 12.1. The number of methoxy groups -OCH3 is 1. The standard InChI is InChI=1S/C15H22ClN3O2/c1-10-5-6-19(8-14(10)21-2)9-15(20)18-13-7-11(17)3-4-12(13)16/h3-4,7,10,14H,5-6,8-9,17H2,1-2H3,(H,18,20). The summed E-state index contributed by atoms with van der Waals surface area (Å²) < 4.78 is 5.46. The van der Waals surface area contributed by atoms with Crippen LogP contribution in [0.1, 0.15) is 13.3 Å². The first-order chi connectivity index (χ1) is 9.99. The number of carbonyl (C=O) groups excluding carboxylic acids is 1. The maximum Gasteiger partial charge on any atom is 0.238 e. The molecule has 1 heterocycles. The van der Waals surface area contributed by atoms with Gasteiger partial charge in [-0.15, -0.1) is 0 Å². The van der Waals surface area contributed by atoms with Gasteiger partial charge in [0.05, 0.1) is 23.4 Å². The molecule has 116 valence electrons. The minimum absolute atomic E-state index is 0.0908. The van der Waals surface area contributed by atoms with E-state index in [1.165, 1.54) is 0 Å². The number of benzene rings is 1. The van der Waals surface area contributed by atoms with Crippen LogP contribution in [-0.2, 0) is 9.53 Å². The maximum atomic E-state index is 12.1. The number of rotatable bonds is 4. The van der Waals surface area contributed by atoms with Crippen LogP contribution in [0.15, 0.2) is 18.2 Å². The van der Waals surface area contributed by atoms with Crippen molar-refractivity contribution in [3.8, 4) is 0 Å². The fourth-order valence-electron chi connectivity index (χ4n) is 2.58. The number of hydrogen-bond donors (Lipinski definition) is 2. The molecule has 1 amide bonds. The summed E-state index contributed by atoms with van der Waals surface area (Å²) in [5, 5.41) is 3.29. The van der Waals surface area contributed by atoms with Crippen LogP contribution in [-0.4, -0.2) is 43.7 Å². The third-order valence-corrected chi connectivity index (χ3v) is 4.24. The van der Waals surface area contributed by atoms with E-state index in [1.54, 1.807) is 25.3 Å². The van der Waals surface area contributed by atoms with Crippen molar-refractivity contribution in [2.75, 3.05) is 37.8 Å². The summed E-state index contributed by atoms with van der Waals surface area (Å²) in [7, 11) is 1.72. The Balaban J connectivity index is 1.91. The van der Waals surface area contributed by atoms with Gasteiger partial charge in [0.2, 0.25) is 5.91 Å². The number of nitrogens with two attached hydrogens (primary N) is 1. The Hall–Kier alpha value is -1.30. The Bertz CT molecular complexity index is 510. The first kappa shape index (κ1) is 16.1. The van der Waals surface area contributed by atoms with Gasteiger partial charge < -0.3 is 15.8 Å². The molecule has 0 aliphatic carbocycles. The van der Waals surface area contributed by atoms with Crippen LogP contribution in [0.3, 0.4) is 0 Å². The number of carbonyl (C=O) groups is 1. The van der Waals surface area contributed by atoms with Crippen LogP contribution in [0, 0.1) is 5.92 Å². The van der Waals surface area contributed by atoms with Gasteiger partial charge >= 0.3 is 0 Å². The third kappa shape index (κ3) is 4.33. The molecule has 1 saturated heterocycles. The van der Waals surface area contributed by atoms with Gasteiger partial charge in [-0.2, -0.15) is 0 Å². The minimum atomic E-state index is -0.0908. The fraction of sp³-hybridized carbons (Fsp3) is 0.533. The van der Waals surface area contributed by atoms with E-state index in [0.717, 1.165) is 19.5 Å². The van der Waals surface area contributed by atoms with Crippen molar-refractivity contribution in [3.05, 3.63) is 23.2 Å². The molecule has 0 bridgehead atoms. The summed E-state index contributed by atoms with van der Waals surface area (Å²) in [6, 6.07) is 5.04. The Kier molecular flexibility index (Phi) is 5.45. The van der Waals surface area contributed by atoms with Crippen LogP contribution >= 0.6 is 11.6 Å². The van der Waals surface area contributed by atoms with E-state index < -0.39 is 0 Å². The van der Waals surface area contributed by atoms with Gasteiger partial charge in [0.15, 0.2) is 0 Å². The number of amides is 1. The van der Waals surface area contributed by atoms with E-state index in [-0.39, 0.29) is 12.0 Å². The highest BCUT2D eigenvalue weighted by Crippen LogP contribution is 2.24. The molecule has 1 aliphatic heterocycles. The number of hydrogen-bond acceptors (Lipinski definition) is 4. The van der Waals surface area contributed by atoms with Gasteiger partial charge in [-0.25, -0.2) is 0 Å². The molecule has 1 aliphatic rings. The Morgan fingerprint density at radius 3 is 3.05 bits per heavy atom. The lowest BCUT2D eigenvalue weighted by molar-refractivity contribution is -0.118. The van der Waals surface area contributed by atoms with Crippen LogP contribution in [0.2, 0.25) is 5.02 Å². The number of piperidine rings is 1. The van der Waals surface area contributed by atoms with Gasteiger partial charge in [-0.3, -0.25) is 9.69 Å². The molecule has 1 aromatic rings. The molecular formula is C15H22ClN3O2. The van der Waals surface area contributed by atoms with Crippen LogP contribution in [0.5, 0.6) is 0 Å². The highest BCUT2D eigenvalue weighted by atomic mass is 35.5. The molecule has 0 aromatic heterocycles. The van der Waals surface area contributed by atoms with Gasteiger partial charge in [-0.05, 0) is 37.1 Å². The van der Waals surface area contributed by atoms with Crippen molar-refractivity contribution in [1.29, 1.82) is 0 Å². The largest absolute Gasteiger partial charge is 0.399 e. The molecule has 2 atom stereocenters. The molecule has 5 nitrogen and oxygen atoms in total. The molecule has 21 heavy (non-hydrogen) atoms. The number of halogens is 1. The van der Waals surface area contributed by atoms with E-state index in [2.05, 4.69) is 17.1 Å².